The fourth-order valence-corrected chi connectivity index (χ4v) is 2.65. The molecule has 0 unspecified atom stereocenters. The molecule has 1 aromatic carbocycles. The molecule has 0 bridgehead atoms. The lowest BCUT2D eigenvalue weighted by atomic mass is 10.2. The van der Waals surface area contributed by atoms with Crippen LogP contribution in [0.1, 0.15) is 29.4 Å². The molecule has 0 aliphatic carbocycles. The van der Waals surface area contributed by atoms with Gasteiger partial charge in [0.25, 0.3) is 0 Å². The number of rotatable bonds is 8. The Labute approximate surface area is 150 Å². The predicted octanol–water partition coefficient (Wildman–Crippen LogP) is 2.40. The maximum Gasteiger partial charge on any atom is 0.191 e. The van der Waals surface area contributed by atoms with Crippen molar-refractivity contribution in [1.29, 1.82) is 0 Å². The number of aliphatic imine (C=N–C) groups is 1. The van der Waals surface area contributed by atoms with E-state index in [1.807, 2.05) is 29.8 Å². The van der Waals surface area contributed by atoms with Crippen LogP contribution in [0.3, 0.4) is 0 Å². The van der Waals surface area contributed by atoms with E-state index in [9.17, 15) is 0 Å². The number of aromatic nitrogens is 2. The maximum atomic E-state index is 5.15. The second-order valence-electron chi connectivity index (χ2n) is 5.90. The number of nitrogens with one attached hydrogen (secondary N) is 2. The number of nitrogens with zero attached hydrogens (tertiary/aromatic N) is 3. The van der Waals surface area contributed by atoms with Gasteiger partial charge in [0.15, 0.2) is 5.96 Å². The van der Waals surface area contributed by atoms with Gasteiger partial charge in [-0.15, -0.1) is 0 Å². The molecule has 1 aromatic heterocycles. The summed E-state index contributed by atoms with van der Waals surface area (Å²) in [5, 5.41) is 11.3. The summed E-state index contributed by atoms with van der Waals surface area (Å²) in [5.41, 5.74) is 4.61. The van der Waals surface area contributed by atoms with Crippen LogP contribution in [0.15, 0.2) is 35.3 Å². The molecule has 136 valence electrons. The molecule has 2 rings (SSSR count). The topological polar surface area (TPSA) is 63.5 Å². The molecule has 0 radical (unpaired) electrons. The Balaban J connectivity index is 2.02. The Hall–Kier alpha value is -2.34. The summed E-state index contributed by atoms with van der Waals surface area (Å²) in [7, 11) is 1.71. The third kappa shape index (κ3) is 5.60. The van der Waals surface area contributed by atoms with E-state index in [1.54, 1.807) is 7.11 Å². The minimum atomic E-state index is 0.654. The number of benzene rings is 1. The Kier molecular flexibility index (Phi) is 7.47. The monoisotopic (exact) mass is 343 g/mol. The molecule has 1 heterocycles. The molecule has 0 amide bonds. The van der Waals surface area contributed by atoms with Crippen molar-refractivity contribution >= 4 is 5.96 Å². The summed E-state index contributed by atoms with van der Waals surface area (Å²) in [5.74, 6) is 0.815. The lowest BCUT2D eigenvalue weighted by molar-refractivity contribution is 0.182. The van der Waals surface area contributed by atoms with E-state index < -0.39 is 0 Å². The van der Waals surface area contributed by atoms with E-state index in [0.717, 1.165) is 24.7 Å². The van der Waals surface area contributed by atoms with Crippen LogP contribution in [0.5, 0.6) is 0 Å². The number of hydrogen-bond acceptors (Lipinski definition) is 3. The molecular formula is C19H29N5O. The van der Waals surface area contributed by atoms with Gasteiger partial charge in [-0.1, -0.05) is 30.3 Å². The fraction of sp³-hybridized carbons (Fsp3) is 0.474. The van der Waals surface area contributed by atoms with E-state index in [4.69, 9.17) is 4.74 Å². The van der Waals surface area contributed by atoms with E-state index in [1.165, 1.54) is 16.8 Å². The summed E-state index contributed by atoms with van der Waals surface area (Å²) in [4.78, 5) is 4.66. The van der Waals surface area contributed by atoms with Crippen molar-refractivity contribution in [3.63, 3.8) is 0 Å². The molecule has 2 aromatic rings. The van der Waals surface area contributed by atoms with Crippen molar-refractivity contribution < 1.29 is 4.74 Å². The maximum absolute atomic E-state index is 5.15. The summed E-state index contributed by atoms with van der Waals surface area (Å²) < 4.78 is 7.15. The highest BCUT2D eigenvalue weighted by Crippen LogP contribution is 2.12. The first-order valence-electron chi connectivity index (χ1n) is 8.73. The van der Waals surface area contributed by atoms with Gasteiger partial charge in [0.1, 0.15) is 0 Å². The van der Waals surface area contributed by atoms with Crippen molar-refractivity contribution in [2.24, 2.45) is 4.99 Å². The molecule has 0 fully saturated rings. The Morgan fingerprint density at radius 3 is 2.64 bits per heavy atom. The van der Waals surface area contributed by atoms with Crippen LogP contribution >= 0.6 is 0 Å². The molecule has 2 N–H and O–H groups in total. The van der Waals surface area contributed by atoms with Gasteiger partial charge in [0.05, 0.1) is 25.4 Å². The van der Waals surface area contributed by atoms with Gasteiger partial charge in [-0.2, -0.15) is 5.10 Å². The van der Waals surface area contributed by atoms with Gasteiger partial charge in [-0.3, -0.25) is 4.68 Å². The lowest BCUT2D eigenvalue weighted by Crippen LogP contribution is -2.37. The molecule has 0 saturated heterocycles. The third-order valence-corrected chi connectivity index (χ3v) is 4.08. The Bertz CT molecular complexity index is 679. The van der Waals surface area contributed by atoms with Crippen molar-refractivity contribution in [2.75, 3.05) is 20.3 Å². The number of guanidine groups is 1. The zero-order valence-corrected chi connectivity index (χ0v) is 15.7. The van der Waals surface area contributed by atoms with Crippen LogP contribution in [0.4, 0.5) is 0 Å². The van der Waals surface area contributed by atoms with Gasteiger partial charge in [-0.25, -0.2) is 4.99 Å². The number of aryl methyl sites for hydroxylation is 1. The molecule has 0 atom stereocenters. The first-order chi connectivity index (χ1) is 12.2. The molecule has 0 saturated carbocycles. The Morgan fingerprint density at radius 1 is 1.20 bits per heavy atom. The standard InChI is InChI=1S/C19H29N5O/c1-5-20-19(21-13-17-9-7-6-8-10-17)22-14-18-15(2)23-24(16(18)3)11-12-25-4/h6-10H,5,11-14H2,1-4H3,(H2,20,21,22). The van der Waals surface area contributed by atoms with Crippen LogP contribution in [0.25, 0.3) is 0 Å². The quantitative estimate of drug-likeness (QED) is 0.571. The third-order valence-electron chi connectivity index (χ3n) is 4.08. The summed E-state index contributed by atoms with van der Waals surface area (Å²) in [6.45, 7) is 9.82. The van der Waals surface area contributed by atoms with Crippen LogP contribution < -0.4 is 10.6 Å². The molecule has 0 spiro atoms. The molecule has 0 aliphatic heterocycles. The number of ether oxygens (including phenoxy) is 1. The normalized spacial score (nSPS) is 11.6. The zero-order chi connectivity index (χ0) is 18.1. The van der Waals surface area contributed by atoms with Crippen LogP contribution in [0.2, 0.25) is 0 Å². The SMILES string of the molecule is CCNC(=NCc1ccccc1)NCc1c(C)nn(CCOC)c1C. The lowest BCUT2D eigenvalue weighted by Gasteiger charge is -2.12. The van der Waals surface area contributed by atoms with E-state index in [2.05, 4.69) is 46.7 Å². The average molecular weight is 343 g/mol. The highest BCUT2D eigenvalue weighted by Gasteiger charge is 2.11. The van der Waals surface area contributed by atoms with Crippen molar-refractivity contribution in [3.05, 3.63) is 52.8 Å². The van der Waals surface area contributed by atoms with Gasteiger partial charge < -0.3 is 15.4 Å². The number of methoxy groups -OCH3 is 1. The predicted molar refractivity (Wildman–Crippen MR) is 102 cm³/mol. The van der Waals surface area contributed by atoms with E-state index in [-0.39, 0.29) is 0 Å². The first kappa shape index (κ1) is 19.0. The molecular weight excluding hydrogens is 314 g/mol. The second kappa shape index (κ2) is 9.84. The molecule has 6 nitrogen and oxygen atoms in total. The zero-order valence-electron chi connectivity index (χ0n) is 15.7. The minimum absolute atomic E-state index is 0.654. The van der Waals surface area contributed by atoms with Crippen molar-refractivity contribution in [2.45, 2.75) is 40.4 Å². The van der Waals surface area contributed by atoms with Gasteiger partial charge in [0.2, 0.25) is 0 Å². The fourth-order valence-electron chi connectivity index (χ4n) is 2.65. The van der Waals surface area contributed by atoms with Crippen molar-refractivity contribution in [3.8, 4) is 0 Å². The van der Waals surface area contributed by atoms with Crippen LogP contribution in [0, 0.1) is 13.8 Å². The van der Waals surface area contributed by atoms with Gasteiger partial charge >= 0.3 is 0 Å². The van der Waals surface area contributed by atoms with Gasteiger partial charge in [-0.05, 0) is 26.3 Å². The number of hydrogen-bond donors (Lipinski definition) is 2. The minimum Gasteiger partial charge on any atom is -0.383 e. The molecule has 6 heteroatoms. The van der Waals surface area contributed by atoms with Crippen LogP contribution in [-0.2, 0) is 24.4 Å². The van der Waals surface area contributed by atoms with Crippen molar-refractivity contribution in [1.82, 2.24) is 20.4 Å². The highest BCUT2D eigenvalue weighted by atomic mass is 16.5. The molecule has 0 aliphatic rings. The second-order valence-corrected chi connectivity index (χ2v) is 5.90. The largest absolute Gasteiger partial charge is 0.383 e. The summed E-state index contributed by atoms with van der Waals surface area (Å²) in [6, 6.07) is 10.3. The summed E-state index contributed by atoms with van der Waals surface area (Å²) >= 11 is 0. The Morgan fingerprint density at radius 2 is 1.96 bits per heavy atom. The van der Waals surface area contributed by atoms with E-state index >= 15 is 0 Å². The van der Waals surface area contributed by atoms with Gasteiger partial charge in [0, 0.05) is 31.5 Å². The average Bonchev–Trinajstić information content (AvgIpc) is 2.90. The highest BCUT2D eigenvalue weighted by molar-refractivity contribution is 5.79. The summed E-state index contributed by atoms with van der Waals surface area (Å²) in [6.07, 6.45) is 0. The molecule has 25 heavy (non-hydrogen) atoms. The van der Waals surface area contributed by atoms with E-state index in [0.29, 0.717) is 19.7 Å². The smallest absolute Gasteiger partial charge is 0.191 e. The first-order valence-corrected chi connectivity index (χ1v) is 8.73. The van der Waals surface area contributed by atoms with Crippen LogP contribution in [-0.4, -0.2) is 36.0 Å².